The van der Waals surface area contributed by atoms with Gasteiger partial charge in [-0.1, -0.05) is 13.3 Å². The third kappa shape index (κ3) is 2.00. The maximum atomic E-state index is 12.3. The normalized spacial score (nSPS) is 29.0. The molecule has 2 heterocycles. The zero-order valence-electron chi connectivity index (χ0n) is 10.1. The van der Waals surface area contributed by atoms with E-state index < -0.39 is 0 Å². The Kier molecular flexibility index (Phi) is 2.92. The van der Waals surface area contributed by atoms with E-state index in [9.17, 15) is 4.79 Å². The molecule has 2 aliphatic rings. The van der Waals surface area contributed by atoms with Crippen molar-refractivity contribution < 1.29 is 4.79 Å². The van der Waals surface area contributed by atoms with Crippen LogP contribution >= 0.6 is 11.3 Å². The van der Waals surface area contributed by atoms with Gasteiger partial charge in [-0.25, -0.2) is 0 Å². The molecule has 4 heteroatoms. The molecule has 1 saturated carbocycles. The summed E-state index contributed by atoms with van der Waals surface area (Å²) in [5.41, 5.74) is 1.24. The van der Waals surface area contributed by atoms with E-state index in [4.69, 9.17) is 0 Å². The summed E-state index contributed by atoms with van der Waals surface area (Å²) in [4.78, 5) is 14.4. The van der Waals surface area contributed by atoms with Gasteiger partial charge in [-0.3, -0.25) is 10.1 Å². The molecule has 3 nitrogen and oxygen atoms in total. The van der Waals surface area contributed by atoms with Crippen LogP contribution in [0.15, 0.2) is 16.8 Å². The first-order chi connectivity index (χ1) is 8.31. The Morgan fingerprint density at radius 3 is 2.94 bits per heavy atom. The molecule has 0 aromatic carbocycles. The summed E-state index contributed by atoms with van der Waals surface area (Å²) in [5.74, 6) is 0.311. The lowest BCUT2D eigenvalue weighted by molar-refractivity contribution is -0.130. The van der Waals surface area contributed by atoms with E-state index in [1.54, 1.807) is 11.3 Å². The van der Waals surface area contributed by atoms with Crippen molar-refractivity contribution in [2.24, 2.45) is 0 Å². The Morgan fingerprint density at radius 1 is 1.53 bits per heavy atom. The van der Waals surface area contributed by atoms with Gasteiger partial charge in [-0.05, 0) is 41.7 Å². The van der Waals surface area contributed by atoms with E-state index in [0.29, 0.717) is 11.9 Å². The maximum Gasteiger partial charge on any atom is 0.241 e. The van der Waals surface area contributed by atoms with Crippen molar-refractivity contribution in [1.82, 2.24) is 10.2 Å². The topological polar surface area (TPSA) is 32.3 Å². The maximum absolute atomic E-state index is 12.3. The summed E-state index contributed by atoms with van der Waals surface area (Å²) in [6, 6.07) is 2.64. The van der Waals surface area contributed by atoms with Crippen molar-refractivity contribution in [3.8, 4) is 0 Å². The number of amides is 1. The Morgan fingerprint density at radius 2 is 2.35 bits per heavy atom. The fraction of sp³-hybridized carbons (Fsp3) is 0.615. The first-order valence-corrected chi connectivity index (χ1v) is 7.36. The van der Waals surface area contributed by atoms with Gasteiger partial charge in [0.15, 0.2) is 0 Å². The van der Waals surface area contributed by atoms with Crippen LogP contribution in [0.25, 0.3) is 0 Å². The molecular weight excluding hydrogens is 232 g/mol. The molecule has 1 amide bonds. The molecule has 2 unspecified atom stereocenters. The van der Waals surface area contributed by atoms with E-state index in [1.807, 2.05) is 0 Å². The average Bonchev–Trinajstić information content (AvgIpc) is 2.90. The molecule has 1 N–H and O–H groups in total. The van der Waals surface area contributed by atoms with Crippen LogP contribution in [0.5, 0.6) is 0 Å². The molecule has 0 radical (unpaired) electrons. The highest BCUT2D eigenvalue weighted by Crippen LogP contribution is 2.38. The number of hydrogen-bond donors (Lipinski definition) is 1. The van der Waals surface area contributed by atoms with Gasteiger partial charge in [-0.2, -0.15) is 11.3 Å². The second-order valence-corrected chi connectivity index (χ2v) is 5.72. The molecule has 3 rings (SSSR count). The monoisotopic (exact) mass is 250 g/mol. The van der Waals surface area contributed by atoms with Crippen LogP contribution in [0, 0.1) is 0 Å². The van der Waals surface area contributed by atoms with E-state index in [2.05, 4.69) is 34.0 Å². The van der Waals surface area contributed by atoms with Crippen LogP contribution in [0.1, 0.15) is 44.3 Å². The zero-order chi connectivity index (χ0) is 11.8. The number of hydrogen-bond acceptors (Lipinski definition) is 3. The Labute approximate surface area is 106 Å². The summed E-state index contributed by atoms with van der Waals surface area (Å²) in [6.45, 7) is 2.13. The third-order valence-corrected chi connectivity index (χ3v) is 4.27. The molecule has 1 aliphatic carbocycles. The SMILES string of the molecule is CCCC1NC(c2ccsc2)N(C2CC2)C1=O. The van der Waals surface area contributed by atoms with Crippen LogP contribution in [0.4, 0.5) is 0 Å². The summed E-state index contributed by atoms with van der Waals surface area (Å²) in [6.07, 6.45) is 4.47. The van der Waals surface area contributed by atoms with Gasteiger partial charge in [0.05, 0.1) is 6.04 Å². The largest absolute Gasteiger partial charge is 0.319 e. The summed E-state index contributed by atoms with van der Waals surface area (Å²) in [7, 11) is 0. The third-order valence-electron chi connectivity index (χ3n) is 3.57. The predicted octanol–water partition coefficient (Wildman–Crippen LogP) is 2.51. The second-order valence-electron chi connectivity index (χ2n) is 4.94. The average molecular weight is 250 g/mol. The van der Waals surface area contributed by atoms with Crippen molar-refractivity contribution in [3.05, 3.63) is 22.4 Å². The van der Waals surface area contributed by atoms with E-state index in [0.717, 1.165) is 12.8 Å². The van der Waals surface area contributed by atoms with E-state index in [1.165, 1.54) is 18.4 Å². The second kappa shape index (κ2) is 4.42. The van der Waals surface area contributed by atoms with Gasteiger partial charge in [-0.15, -0.1) is 0 Å². The van der Waals surface area contributed by atoms with Gasteiger partial charge in [0.2, 0.25) is 5.91 Å². The first kappa shape index (κ1) is 11.2. The minimum atomic E-state index is 0.0329. The number of nitrogens with zero attached hydrogens (tertiary/aromatic N) is 1. The number of nitrogens with one attached hydrogen (secondary N) is 1. The van der Waals surface area contributed by atoms with Gasteiger partial charge < -0.3 is 4.90 Å². The van der Waals surface area contributed by atoms with Gasteiger partial charge in [0, 0.05) is 6.04 Å². The molecule has 0 spiro atoms. The van der Waals surface area contributed by atoms with Crippen molar-refractivity contribution in [3.63, 3.8) is 0 Å². The van der Waals surface area contributed by atoms with E-state index >= 15 is 0 Å². The molecule has 2 fully saturated rings. The lowest BCUT2D eigenvalue weighted by atomic mass is 10.2. The standard InChI is InChI=1S/C13H18N2OS/c1-2-3-11-13(16)15(10-4-5-10)12(14-11)9-6-7-17-8-9/h6-8,10-12,14H,2-5H2,1H3. The smallest absolute Gasteiger partial charge is 0.241 e. The van der Waals surface area contributed by atoms with Crippen molar-refractivity contribution in [2.75, 3.05) is 0 Å². The van der Waals surface area contributed by atoms with Crippen molar-refractivity contribution >= 4 is 17.2 Å². The van der Waals surface area contributed by atoms with Gasteiger partial charge in [0.1, 0.15) is 6.17 Å². The van der Waals surface area contributed by atoms with Crippen LogP contribution in [-0.2, 0) is 4.79 Å². The molecule has 1 aromatic rings. The van der Waals surface area contributed by atoms with Crippen molar-refractivity contribution in [2.45, 2.75) is 50.9 Å². The van der Waals surface area contributed by atoms with Gasteiger partial charge >= 0.3 is 0 Å². The molecule has 1 aromatic heterocycles. The van der Waals surface area contributed by atoms with E-state index in [-0.39, 0.29) is 12.2 Å². The Hall–Kier alpha value is -0.870. The summed E-state index contributed by atoms with van der Waals surface area (Å²) >= 11 is 1.70. The minimum Gasteiger partial charge on any atom is -0.319 e. The molecule has 2 atom stereocenters. The highest BCUT2D eigenvalue weighted by molar-refractivity contribution is 7.07. The molecule has 1 aliphatic heterocycles. The van der Waals surface area contributed by atoms with Crippen LogP contribution < -0.4 is 5.32 Å². The Bertz CT molecular complexity index is 400. The first-order valence-electron chi connectivity index (χ1n) is 6.41. The molecule has 1 saturated heterocycles. The van der Waals surface area contributed by atoms with Crippen LogP contribution in [-0.4, -0.2) is 22.9 Å². The fourth-order valence-electron chi connectivity index (χ4n) is 2.58. The van der Waals surface area contributed by atoms with Gasteiger partial charge in [0.25, 0.3) is 0 Å². The number of carbonyl (C=O) groups is 1. The lowest BCUT2D eigenvalue weighted by Gasteiger charge is -2.23. The highest BCUT2D eigenvalue weighted by Gasteiger charge is 2.46. The molecule has 0 bridgehead atoms. The Balaban J connectivity index is 1.84. The fourth-order valence-corrected chi connectivity index (χ4v) is 3.25. The summed E-state index contributed by atoms with van der Waals surface area (Å²) < 4.78 is 0. The lowest BCUT2D eigenvalue weighted by Crippen LogP contribution is -2.32. The number of rotatable bonds is 4. The summed E-state index contributed by atoms with van der Waals surface area (Å²) in [5, 5.41) is 7.73. The minimum absolute atomic E-state index is 0.0329. The zero-order valence-corrected chi connectivity index (χ0v) is 10.9. The molecular formula is C13H18N2OS. The van der Waals surface area contributed by atoms with Crippen molar-refractivity contribution in [1.29, 1.82) is 0 Å². The van der Waals surface area contributed by atoms with Crippen LogP contribution in [0.2, 0.25) is 0 Å². The van der Waals surface area contributed by atoms with Crippen LogP contribution in [0.3, 0.4) is 0 Å². The highest BCUT2D eigenvalue weighted by atomic mass is 32.1. The molecule has 17 heavy (non-hydrogen) atoms. The predicted molar refractivity (Wildman–Crippen MR) is 68.8 cm³/mol. The molecule has 92 valence electrons. The quantitative estimate of drug-likeness (QED) is 0.890. The number of carbonyl (C=O) groups excluding carboxylic acids is 1. The number of thiophene rings is 1.